The molecular weight excluding hydrogens is 314 g/mol. The van der Waals surface area contributed by atoms with Crippen LogP contribution in [-0.2, 0) is 6.42 Å². The molecule has 0 radical (unpaired) electrons. The standard InChI is InChI=1S/C17H26BrNO/c1-3-13-6-4-8-15(11-13)20-17-14(10-12(2)19)7-5-9-16(17)18/h5,7,9,12-13,15H,3-4,6,8,10-11,19H2,1-2H3. The van der Waals surface area contributed by atoms with Gasteiger partial charge in [-0.2, -0.15) is 0 Å². The zero-order valence-corrected chi connectivity index (χ0v) is 14.2. The normalized spacial score (nSPS) is 24.4. The molecule has 2 rings (SSSR count). The lowest BCUT2D eigenvalue weighted by atomic mass is 9.85. The maximum absolute atomic E-state index is 6.35. The fraction of sp³-hybridized carbons (Fsp3) is 0.647. The smallest absolute Gasteiger partial charge is 0.137 e. The molecule has 3 atom stereocenters. The maximum Gasteiger partial charge on any atom is 0.137 e. The summed E-state index contributed by atoms with van der Waals surface area (Å²) in [7, 11) is 0. The molecule has 0 amide bonds. The number of benzene rings is 1. The van der Waals surface area contributed by atoms with E-state index in [-0.39, 0.29) is 6.04 Å². The molecule has 3 heteroatoms. The van der Waals surface area contributed by atoms with Crippen LogP contribution in [0.5, 0.6) is 5.75 Å². The minimum atomic E-state index is 0.154. The zero-order valence-electron chi connectivity index (χ0n) is 12.6. The molecule has 1 aromatic carbocycles. The predicted molar refractivity (Wildman–Crippen MR) is 88.2 cm³/mol. The summed E-state index contributed by atoms with van der Waals surface area (Å²) in [6.07, 6.45) is 7.50. The molecule has 2 nitrogen and oxygen atoms in total. The summed E-state index contributed by atoms with van der Waals surface area (Å²) in [5, 5.41) is 0. The molecule has 0 saturated heterocycles. The van der Waals surface area contributed by atoms with Crippen LogP contribution < -0.4 is 10.5 Å². The Morgan fingerprint density at radius 2 is 2.20 bits per heavy atom. The van der Waals surface area contributed by atoms with Crippen molar-refractivity contribution < 1.29 is 4.74 Å². The van der Waals surface area contributed by atoms with Gasteiger partial charge in [0.15, 0.2) is 0 Å². The van der Waals surface area contributed by atoms with Crippen LogP contribution in [-0.4, -0.2) is 12.1 Å². The average molecular weight is 340 g/mol. The van der Waals surface area contributed by atoms with Crippen LogP contribution in [0.3, 0.4) is 0 Å². The number of rotatable bonds is 5. The Morgan fingerprint density at radius 3 is 2.90 bits per heavy atom. The number of nitrogens with two attached hydrogens (primary N) is 1. The summed E-state index contributed by atoms with van der Waals surface area (Å²) in [6, 6.07) is 6.40. The highest BCUT2D eigenvalue weighted by atomic mass is 79.9. The highest BCUT2D eigenvalue weighted by molar-refractivity contribution is 9.10. The second-order valence-corrected chi connectivity index (χ2v) is 6.94. The summed E-state index contributed by atoms with van der Waals surface area (Å²) >= 11 is 3.63. The second-order valence-electron chi connectivity index (χ2n) is 6.09. The Hall–Kier alpha value is -0.540. The van der Waals surface area contributed by atoms with E-state index in [0.29, 0.717) is 6.10 Å². The van der Waals surface area contributed by atoms with E-state index in [1.54, 1.807) is 0 Å². The van der Waals surface area contributed by atoms with E-state index >= 15 is 0 Å². The van der Waals surface area contributed by atoms with Crippen LogP contribution in [0.15, 0.2) is 22.7 Å². The summed E-state index contributed by atoms with van der Waals surface area (Å²) in [5.41, 5.74) is 7.17. The Morgan fingerprint density at radius 1 is 1.40 bits per heavy atom. The molecule has 1 aliphatic carbocycles. The summed E-state index contributed by atoms with van der Waals surface area (Å²) in [5.74, 6) is 1.83. The van der Waals surface area contributed by atoms with Crippen molar-refractivity contribution in [3.05, 3.63) is 28.2 Å². The van der Waals surface area contributed by atoms with Gasteiger partial charge in [-0.3, -0.25) is 0 Å². The number of para-hydroxylation sites is 1. The van der Waals surface area contributed by atoms with Gasteiger partial charge < -0.3 is 10.5 Å². The third kappa shape index (κ3) is 4.23. The lowest BCUT2D eigenvalue weighted by Crippen LogP contribution is -2.26. The van der Waals surface area contributed by atoms with Crippen molar-refractivity contribution >= 4 is 15.9 Å². The van der Waals surface area contributed by atoms with Gasteiger partial charge in [0, 0.05) is 6.04 Å². The minimum absolute atomic E-state index is 0.154. The third-order valence-corrected chi connectivity index (χ3v) is 4.81. The summed E-state index contributed by atoms with van der Waals surface area (Å²) in [6.45, 7) is 4.32. The Kier molecular flexibility index (Phi) is 5.91. The molecule has 0 aliphatic heterocycles. The van der Waals surface area contributed by atoms with Gasteiger partial charge in [0.1, 0.15) is 5.75 Å². The molecule has 1 fully saturated rings. The van der Waals surface area contributed by atoms with E-state index < -0.39 is 0 Å². The topological polar surface area (TPSA) is 35.2 Å². The molecule has 3 unspecified atom stereocenters. The summed E-state index contributed by atoms with van der Waals surface area (Å²) < 4.78 is 7.40. The van der Waals surface area contributed by atoms with Gasteiger partial charge in [-0.1, -0.05) is 31.9 Å². The SMILES string of the molecule is CCC1CCCC(Oc2c(Br)cccc2CC(C)N)C1. The number of halogens is 1. The van der Waals surface area contributed by atoms with Crippen molar-refractivity contribution in [1.29, 1.82) is 0 Å². The third-order valence-electron chi connectivity index (χ3n) is 4.19. The van der Waals surface area contributed by atoms with Crippen molar-refractivity contribution in [2.24, 2.45) is 11.7 Å². The van der Waals surface area contributed by atoms with Gasteiger partial charge in [0.05, 0.1) is 10.6 Å². The minimum Gasteiger partial charge on any atom is -0.489 e. The molecule has 2 N–H and O–H groups in total. The van der Waals surface area contributed by atoms with Gasteiger partial charge in [-0.25, -0.2) is 0 Å². The lowest BCUT2D eigenvalue weighted by Gasteiger charge is -2.30. The monoisotopic (exact) mass is 339 g/mol. The molecule has 1 aliphatic rings. The molecule has 0 aromatic heterocycles. The number of hydrogen-bond acceptors (Lipinski definition) is 2. The van der Waals surface area contributed by atoms with E-state index in [1.807, 2.05) is 6.92 Å². The second kappa shape index (κ2) is 7.46. The van der Waals surface area contributed by atoms with Crippen LogP contribution in [0.1, 0.15) is 51.5 Å². The van der Waals surface area contributed by atoms with Crippen LogP contribution in [0.4, 0.5) is 0 Å². The number of hydrogen-bond donors (Lipinski definition) is 1. The molecule has 112 valence electrons. The van der Waals surface area contributed by atoms with E-state index in [9.17, 15) is 0 Å². The quantitative estimate of drug-likeness (QED) is 0.844. The molecule has 1 saturated carbocycles. The molecule has 0 bridgehead atoms. The molecule has 0 spiro atoms. The average Bonchev–Trinajstić information content (AvgIpc) is 2.42. The fourth-order valence-corrected chi connectivity index (χ4v) is 3.58. The van der Waals surface area contributed by atoms with Crippen molar-refractivity contribution in [3.63, 3.8) is 0 Å². The first-order valence-electron chi connectivity index (χ1n) is 7.79. The molecule has 0 heterocycles. The zero-order chi connectivity index (χ0) is 14.5. The Balaban J connectivity index is 2.11. The first kappa shape index (κ1) is 15.8. The van der Waals surface area contributed by atoms with Crippen molar-refractivity contribution in [2.45, 2.75) is 64.5 Å². The highest BCUT2D eigenvalue weighted by Gasteiger charge is 2.23. The Labute approximate surface area is 131 Å². The number of ether oxygens (including phenoxy) is 1. The maximum atomic E-state index is 6.35. The fourth-order valence-electron chi connectivity index (χ4n) is 3.08. The van der Waals surface area contributed by atoms with Crippen LogP contribution in [0.25, 0.3) is 0 Å². The highest BCUT2D eigenvalue weighted by Crippen LogP contribution is 2.35. The van der Waals surface area contributed by atoms with Gasteiger partial charge in [-0.05, 0) is 66.1 Å². The van der Waals surface area contributed by atoms with Crippen LogP contribution in [0.2, 0.25) is 0 Å². The van der Waals surface area contributed by atoms with Crippen LogP contribution >= 0.6 is 15.9 Å². The molecule has 20 heavy (non-hydrogen) atoms. The predicted octanol–water partition coefficient (Wildman–Crippen LogP) is 4.69. The lowest BCUT2D eigenvalue weighted by molar-refractivity contribution is 0.120. The van der Waals surface area contributed by atoms with Gasteiger partial charge in [0.2, 0.25) is 0 Å². The van der Waals surface area contributed by atoms with Crippen LogP contribution in [0, 0.1) is 5.92 Å². The van der Waals surface area contributed by atoms with E-state index in [2.05, 4.69) is 41.1 Å². The van der Waals surface area contributed by atoms with E-state index in [4.69, 9.17) is 10.5 Å². The van der Waals surface area contributed by atoms with E-state index in [1.165, 1.54) is 37.7 Å². The first-order valence-corrected chi connectivity index (χ1v) is 8.59. The van der Waals surface area contributed by atoms with Crippen molar-refractivity contribution in [3.8, 4) is 5.75 Å². The van der Waals surface area contributed by atoms with Gasteiger partial charge in [-0.15, -0.1) is 0 Å². The van der Waals surface area contributed by atoms with E-state index in [0.717, 1.165) is 22.6 Å². The van der Waals surface area contributed by atoms with Crippen molar-refractivity contribution in [2.75, 3.05) is 0 Å². The molecule has 1 aromatic rings. The molecular formula is C17H26BrNO. The van der Waals surface area contributed by atoms with Gasteiger partial charge >= 0.3 is 0 Å². The summed E-state index contributed by atoms with van der Waals surface area (Å²) in [4.78, 5) is 0. The largest absolute Gasteiger partial charge is 0.489 e. The van der Waals surface area contributed by atoms with Crippen molar-refractivity contribution in [1.82, 2.24) is 0 Å². The van der Waals surface area contributed by atoms with Gasteiger partial charge in [0.25, 0.3) is 0 Å². The first-order chi connectivity index (χ1) is 9.60. The Bertz CT molecular complexity index is 433.